The second-order valence-corrected chi connectivity index (χ2v) is 1.73. The highest BCUT2D eigenvalue weighted by Gasteiger charge is 2.03. The molecule has 0 aliphatic heterocycles. The molecule has 5 heteroatoms. The predicted octanol–water partition coefficient (Wildman–Crippen LogP) is 0.873. The maximum atomic E-state index is 10.1. The molecule has 1 rings (SSSR count). The van der Waals surface area contributed by atoms with Crippen LogP contribution in [0.25, 0.3) is 0 Å². The van der Waals surface area contributed by atoms with Crippen LogP contribution in [0.3, 0.4) is 0 Å². The van der Waals surface area contributed by atoms with E-state index < -0.39 is 0 Å². The minimum atomic E-state index is -0.0891. The molecule has 0 amide bonds. The Hall–Kier alpha value is -1.65. The molecule has 0 aliphatic rings. The van der Waals surface area contributed by atoms with Crippen molar-refractivity contribution < 1.29 is 9.21 Å². The van der Waals surface area contributed by atoms with Crippen molar-refractivity contribution >= 4 is 12.0 Å². The molecule has 0 atom stereocenters. The summed E-state index contributed by atoms with van der Waals surface area (Å²) < 4.78 is 4.68. The summed E-state index contributed by atoms with van der Waals surface area (Å²) in [6.07, 6.45) is 2.89. The van der Waals surface area contributed by atoms with E-state index in [0.717, 1.165) is 0 Å². The highest BCUT2D eigenvalue weighted by Crippen LogP contribution is 2.13. The number of anilines is 1. The van der Waals surface area contributed by atoms with Crippen LogP contribution in [0.2, 0.25) is 0 Å². The Morgan fingerprint density at radius 1 is 1.73 bits per heavy atom. The third kappa shape index (κ3) is 1.64. The summed E-state index contributed by atoms with van der Waals surface area (Å²) in [6, 6.07) is 1.52. The quantitative estimate of drug-likeness (QED) is 0.651. The molecule has 57 valence electrons. The van der Waals surface area contributed by atoms with Gasteiger partial charge in [0.05, 0.1) is 12.0 Å². The summed E-state index contributed by atoms with van der Waals surface area (Å²) in [5, 5.41) is 5.11. The molecular weight excluding hydrogens is 148 g/mol. The van der Waals surface area contributed by atoms with Crippen LogP contribution in [0.15, 0.2) is 21.9 Å². The molecule has 1 aromatic rings. The molecule has 1 heterocycles. The number of hydrogen-bond acceptors (Lipinski definition) is 5. The van der Waals surface area contributed by atoms with Gasteiger partial charge in [-0.15, -0.1) is 4.91 Å². The molecule has 1 aromatic heterocycles. The molecule has 0 fully saturated rings. The van der Waals surface area contributed by atoms with Crippen molar-refractivity contribution in [2.45, 2.75) is 0 Å². The summed E-state index contributed by atoms with van der Waals surface area (Å²) in [5.74, 6) is 0.0497. The van der Waals surface area contributed by atoms with Gasteiger partial charge in [-0.25, -0.2) is 0 Å². The van der Waals surface area contributed by atoms with E-state index in [1.807, 2.05) is 0 Å². The van der Waals surface area contributed by atoms with E-state index in [4.69, 9.17) is 0 Å². The van der Waals surface area contributed by atoms with Crippen LogP contribution >= 0.6 is 0 Å². The third-order valence-electron chi connectivity index (χ3n) is 1.09. The van der Waals surface area contributed by atoms with Gasteiger partial charge in [-0.05, 0) is 5.18 Å². The SMILES string of the molecule is O=[C]c1occc1NCN=O. The van der Waals surface area contributed by atoms with Crippen molar-refractivity contribution in [2.24, 2.45) is 5.18 Å². The van der Waals surface area contributed by atoms with Crippen molar-refractivity contribution in [3.63, 3.8) is 0 Å². The Morgan fingerprint density at radius 2 is 2.55 bits per heavy atom. The largest absolute Gasteiger partial charge is 0.458 e. The number of furan rings is 1. The smallest absolute Gasteiger partial charge is 0.274 e. The summed E-state index contributed by atoms with van der Waals surface area (Å²) in [5.41, 5.74) is 0.430. The predicted molar refractivity (Wildman–Crippen MR) is 37.8 cm³/mol. The van der Waals surface area contributed by atoms with Gasteiger partial charge in [-0.3, -0.25) is 4.79 Å². The van der Waals surface area contributed by atoms with Gasteiger partial charge < -0.3 is 9.73 Å². The van der Waals surface area contributed by atoms with Crippen molar-refractivity contribution in [1.29, 1.82) is 0 Å². The first kappa shape index (κ1) is 7.46. The van der Waals surface area contributed by atoms with Gasteiger partial charge in [-0.1, -0.05) is 0 Å². The molecular formula is C6H5N2O3. The molecule has 0 aromatic carbocycles. The van der Waals surface area contributed by atoms with Gasteiger partial charge in [0.2, 0.25) is 5.76 Å². The van der Waals surface area contributed by atoms with Gasteiger partial charge in [0.1, 0.15) is 0 Å². The number of carbonyl (C=O) groups excluding carboxylic acids is 1. The normalized spacial score (nSPS) is 9.09. The Kier molecular flexibility index (Phi) is 2.37. The van der Waals surface area contributed by atoms with Crippen molar-refractivity contribution in [1.82, 2.24) is 0 Å². The fraction of sp³-hybridized carbons (Fsp3) is 0.167. The number of nitroso groups, excluding NO2 is 1. The van der Waals surface area contributed by atoms with E-state index in [-0.39, 0.29) is 12.4 Å². The molecule has 11 heavy (non-hydrogen) atoms. The average molecular weight is 153 g/mol. The zero-order valence-electron chi connectivity index (χ0n) is 5.53. The van der Waals surface area contributed by atoms with Gasteiger partial charge in [-0.2, -0.15) is 0 Å². The summed E-state index contributed by atoms with van der Waals surface area (Å²) in [6.45, 7) is -0.0891. The van der Waals surface area contributed by atoms with E-state index in [1.165, 1.54) is 12.3 Å². The standard InChI is InChI=1S/C6H5N2O3/c9-3-6-5(1-2-11-6)7-4-8-10/h1-2,7H,4H2. The number of rotatable bonds is 4. The highest BCUT2D eigenvalue weighted by molar-refractivity contribution is 5.80. The average Bonchev–Trinajstić information content (AvgIpc) is 2.47. The zero-order chi connectivity index (χ0) is 8.10. The molecule has 0 unspecified atom stereocenters. The number of nitrogens with zero attached hydrogens (tertiary/aromatic N) is 1. The fourth-order valence-corrected chi connectivity index (χ4v) is 0.645. The van der Waals surface area contributed by atoms with Crippen LogP contribution < -0.4 is 5.32 Å². The summed E-state index contributed by atoms with van der Waals surface area (Å²) >= 11 is 0. The lowest BCUT2D eigenvalue weighted by molar-refractivity contribution is 0.519. The maximum Gasteiger partial charge on any atom is 0.274 e. The van der Waals surface area contributed by atoms with Crippen LogP contribution in [-0.4, -0.2) is 13.0 Å². The van der Waals surface area contributed by atoms with Gasteiger partial charge >= 0.3 is 0 Å². The third-order valence-corrected chi connectivity index (χ3v) is 1.09. The van der Waals surface area contributed by atoms with Crippen LogP contribution in [0, 0.1) is 4.91 Å². The Bertz CT molecular complexity index is 256. The van der Waals surface area contributed by atoms with Crippen LogP contribution in [0.4, 0.5) is 5.69 Å². The van der Waals surface area contributed by atoms with E-state index in [1.54, 1.807) is 6.29 Å². The minimum Gasteiger partial charge on any atom is -0.458 e. The maximum absolute atomic E-state index is 10.1. The second kappa shape index (κ2) is 3.50. The first-order valence-corrected chi connectivity index (χ1v) is 2.87. The van der Waals surface area contributed by atoms with Crippen molar-refractivity contribution in [3.8, 4) is 0 Å². The lowest BCUT2D eigenvalue weighted by Gasteiger charge is -1.94. The fourth-order valence-electron chi connectivity index (χ4n) is 0.645. The minimum absolute atomic E-state index is 0.0497. The lowest BCUT2D eigenvalue weighted by atomic mass is 10.4. The summed E-state index contributed by atoms with van der Waals surface area (Å²) in [7, 11) is 0. The molecule has 0 spiro atoms. The second-order valence-electron chi connectivity index (χ2n) is 1.73. The van der Waals surface area contributed by atoms with Crippen molar-refractivity contribution in [2.75, 3.05) is 12.0 Å². The molecule has 0 aliphatic carbocycles. The van der Waals surface area contributed by atoms with E-state index >= 15 is 0 Å². The Morgan fingerprint density at radius 3 is 3.18 bits per heavy atom. The van der Waals surface area contributed by atoms with E-state index in [2.05, 4.69) is 14.9 Å². The van der Waals surface area contributed by atoms with Crippen LogP contribution in [0.5, 0.6) is 0 Å². The molecule has 1 N–H and O–H groups in total. The van der Waals surface area contributed by atoms with Gasteiger partial charge in [0, 0.05) is 6.07 Å². The summed E-state index contributed by atoms with van der Waals surface area (Å²) in [4.78, 5) is 19.7. The first-order valence-electron chi connectivity index (χ1n) is 2.87. The van der Waals surface area contributed by atoms with Crippen molar-refractivity contribution in [3.05, 3.63) is 23.0 Å². The topological polar surface area (TPSA) is 71.7 Å². The van der Waals surface area contributed by atoms with Gasteiger partial charge in [0.15, 0.2) is 6.67 Å². The van der Waals surface area contributed by atoms with Crippen LogP contribution in [0.1, 0.15) is 5.76 Å². The number of hydrogen-bond donors (Lipinski definition) is 1. The molecule has 1 radical (unpaired) electrons. The first-order chi connectivity index (χ1) is 5.38. The molecule has 0 bridgehead atoms. The van der Waals surface area contributed by atoms with Gasteiger partial charge in [0.25, 0.3) is 6.29 Å². The lowest BCUT2D eigenvalue weighted by Crippen LogP contribution is -1.98. The Balaban J connectivity index is 2.67. The van der Waals surface area contributed by atoms with E-state index in [9.17, 15) is 9.70 Å². The Labute approximate surface area is 62.4 Å². The monoisotopic (exact) mass is 153 g/mol. The molecule has 0 saturated heterocycles. The zero-order valence-corrected chi connectivity index (χ0v) is 5.53. The van der Waals surface area contributed by atoms with E-state index in [0.29, 0.717) is 5.69 Å². The molecule has 0 saturated carbocycles. The molecule has 5 nitrogen and oxygen atoms in total. The number of nitrogens with one attached hydrogen (secondary N) is 1. The van der Waals surface area contributed by atoms with Crippen LogP contribution in [-0.2, 0) is 4.79 Å². The highest BCUT2D eigenvalue weighted by atomic mass is 16.3.